The van der Waals surface area contributed by atoms with Gasteiger partial charge in [-0.1, -0.05) is 128 Å². The second kappa shape index (κ2) is 20.5. The van der Waals surface area contributed by atoms with E-state index in [1.807, 2.05) is 121 Å². The van der Waals surface area contributed by atoms with Crippen LogP contribution in [0.2, 0.25) is 10.0 Å². The number of halogens is 2. The highest BCUT2D eigenvalue weighted by Gasteiger charge is 2.22. The number of aromatic nitrogens is 5. The molecule has 5 N–H and O–H groups in total. The van der Waals surface area contributed by atoms with Crippen molar-refractivity contribution >= 4 is 52.2 Å². The molecular formula is C48H57Cl2N9O2. The van der Waals surface area contributed by atoms with Crippen LogP contribution in [0.5, 0.6) is 0 Å². The molecule has 0 radical (unpaired) electrons. The quantitative estimate of drug-likeness (QED) is 0.122. The number of pyridine rings is 1. The van der Waals surface area contributed by atoms with E-state index >= 15 is 0 Å². The number of carbonyl (C=O) groups is 2. The minimum absolute atomic E-state index is 0.00463. The monoisotopic (exact) mass is 861 g/mol. The highest BCUT2D eigenvalue weighted by Crippen LogP contribution is 2.28. The predicted molar refractivity (Wildman–Crippen MR) is 247 cm³/mol. The van der Waals surface area contributed by atoms with E-state index in [9.17, 15) is 9.59 Å². The average Bonchev–Trinajstić information content (AvgIpc) is 3.77. The van der Waals surface area contributed by atoms with E-state index in [-0.39, 0.29) is 34.1 Å². The lowest BCUT2D eigenvalue weighted by Crippen LogP contribution is -2.18. The van der Waals surface area contributed by atoms with E-state index in [0.717, 1.165) is 55.3 Å². The Bertz CT molecular complexity index is 2430. The molecule has 320 valence electrons. The third kappa shape index (κ3) is 14.9. The number of nitrogens with zero attached hydrogens (tertiary/aromatic N) is 6. The van der Waals surface area contributed by atoms with Crippen LogP contribution in [0.1, 0.15) is 113 Å². The number of nitrogens with two attached hydrogens (primary N) is 2. The van der Waals surface area contributed by atoms with Crippen molar-refractivity contribution in [2.24, 2.45) is 11.1 Å². The highest BCUT2D eigenvalue weighted by molar-refractivity contribution is 6.30. The van der Waals surface area contributed by atoms with E-state index < -0.39 is 5.91 Å². The molecule has 0 spiro atoms. The normalized spacial score (nSPS) is 11.4. The molecular weight excluding hydrogens is 805 g/mol. The predicted octanol–water partition coefficient (Wildman–Crippen LogP) is 10.7. The number of nitriles is 1. The van der Waals surface area contributed by atoms with Crippen molar-refractivity contribution in [3.05, 3.63) is 153 Å². The molecule has 11 nitrogen and oxygen atoms in total. The Labute approximate surface area is 370 Å². The molecule has 0 unspecified atom stereocenters. The molecule has 3 heterocycles. The van der Waals surface area contributed by atoms with Gasteiger partial charge in [0.1, 0.15) is 17.3 Å². The lowest BCUT2D eigenvalue weighted by Gasteiger charge is -2.14. The minimum atomic E-state index is -0.522. The summed E-state index contributed by atoms with van der Waals surface area (Å²) in [6, 6.07) is 34.9. The summed E-state index contributed by atoms with van der Waals surface area (Å²) in [5.74, 6) is 1.09. The van der Waals surface area contributed by atoms with E-state index in [1.165, 1.54) is 0 Å². The first kappa shape index (κ1) is 47.7. The first-order valence-corrected chi connectivity index (χ1v) is 20.7. The molecule has 6 rings (SSSR count). The third-order valence-corrected chi connectivity index (χ3v) is 9.87. The van der Waals surface area contributed by atoms with Gasteiger partial charge in [0, 0.05) is 56.2 Å². The van der Waals surface area contributed by atoms with Crippen molar-refractivity contribution in [3.8, 4) is 6.07 Å². The van der Waals surface area contributed by atoms with Gasteiger partial charge in [0.25, 0.3) is 5.91 Å². The number of primary amides is 1. The minimum Gasteiger partial charge on any atom is -0.384 e. The number of rotatable bonds is 10. The van der Waals surface area contributed by atoms with Crippen molar-refractivity contribution < 1.29 is 9.59 Å². The molecule has 6 aromatic rings. The van der Waals surface area contributed by atoms with Crippen LogP contribution < -0.4 is 16.8 Å². The second-order valence-electron chi connectivity index (χ2n) is 17.8. The summed E-state index contributed by atoms with van der Waals surface area (Å²) in [4.78, 5) is 26.6. The molecule has 0 bridgehead atoms. The summed E-state index contributed by atoms with van der Waals surface area (Å²) in [6.45, 7) is 19.6. The SMILES string of the molecule is CC(C)(C)C(=O)CC#N.CC(C)(C)c1cc(N)n(Cc2ccc(Cl)cc2)n1.CC(C)(C)c1cc(Nc2ccc(Cc3cccc(C(N)=O)n3)cc2)n(Cc2ccc(Cl)cc2)n1. The number of Topliss-reactive ketones (excluding diaryl/α,β-unsaturated/α-hetero) is 1. The van der Waals surface area contributed by atoms with Gasteiger partial charge in [0.05, 0.1) is 37.0 Å². The number of nitrogens with one attached hydrogen (secondary N) is 1. The molecule has 1 amide bonds. The number of benzene rings is 3. The van der Waals surface area contributed by atoms with Crippen LogP contribution >= 0.6 is 23.2 Å². The Morgan fingerprint density at radius 3 is 1.66 bits per heavy atom. The molecule has 3 aromatic heterocycles. The molecule has 3 aromatic carbocycles. The van der Waals surface area contributed by atoms with E-state index in [2.05, 4.69) is 63.0 Å². The smallest absolute Gasteiger partial charge is 0.267 e. The zero-order valence-electron chi connectivity index (χ0n) is 36.6. The largest absolute Gasteiger partial charge is 0.384 e. The van der Waals surface area contributed by atoms with Gasteiger partial charge < -0.3 is 16.8 Å². The maximum absolute atomic E-state index is 11.4. The van der Waals surface area contributed by atoms with Crippen LogP contribution in [-0.4, -0.2) is 36.2 Å². The van der Waals surface area contributed by atoms with Crippen LogP contribution in [0.25, 0.3) is 0 Å². The van der Waals surface area contributed by atoms with Crippen LogP contribution in [0, 0.1) is 16.7 Å². The Morgan fingerprint density at radius 2 is 1.20 bits per heavy atom. The number of carbonyl (C=O) groups excluding carboxylic acids is 2. The summed E-state index contributed by atoms with van der Waals surface area (Å²) in [5.41, 5.74) is 18.3. The Balaban J connectivity index is 0.000000252. The summed E-state index contributed by atoms with van der Waals surface area (Å²) in [6.07, 6.45) is 0.646. The van der Waals surface area contributed by atoms with Crippen molar-refractivity contribution in [1.29, 1.82) is 5.26 Å². The number of hydrogen-bond donors (Lipinski definition) is 3. The van der Waals surface area contributed by atoms with E-state index in [4.69, 9.17) is 45.0 Å². The molecule has 61 heavy (non-hydrogen) atoms. The maximum Gasteiger partial charge on any atom is 0.267 e. The van der Waals surface area contributed by atoms with Crippen LogP contribution in [0.3, 0.4) is 0 Å². The summed E-state index contributed by atoms with van der Waals surface area (Å²) in [5, 5.41) is 22.5. The van der Waals surface area contributed by atoms with Crippen molar-refractivity contribution in [1.82, 2.24) is 24.5 Å². The van der Waals surface area contributed by atoms with Crippen molar-refractivity contribution in [3.63, 3.8) is 0 Å². The summed E-state index contributed by atoms with van der Waals surface area (Å²) < 4.78 is 3.81. The van der Waals surface area contributed by atoms with Gasteiger partial charge in [-0.25, -0.2) is 14.3 Å². The molecule has 0 aliphatic rings. The zero-order valence-corrected chi connectivity index (χ0v) is 38.1. The first-order valence-electron chi connectivity index (χ1n) is 19.9. The van der Waals surface area contributed by atoms with Crippen LogP contribution in [0.4, 0.5) is 17.3 Å². The Morgan fingerprint density at radius 1 is 0.705 bits per heavy atom. The standard InChI is InChI=1S/C27H28ClN5O.C14H18ClN3.C7H11NO/c1-27(2,3)24-16-25(33(32-24)17-19-7-11-20(28)12-8-19)31-21-13-9-18(10-14-21)15-22-5-4-6-23(30-22)26(29)34;1-14(2,3)12-8-13(16)18(17-12)9-10-4-6-11(15)7-5-10;1-7(2,3)6(9)4-5-8/h4-14,16,31H,15,17H2,1-3H3,(H2,29,34);4-8H,9,16H2,1-3H3;4H2,1-3H3. The molecule has 0 saturated carbocycles. The topological polar surface area (TPSA) is 171 Å². The molecule has 0 saturated heterocycles. The van der Waals surface area contributed by atoms with Gasteiger partial charge in [-0.05, 0) is 65.2 Å². The van der Waals surface area contributed by atoms with Crippen LogP contribution in [-0.2, 0) is 35.1 Å². The van der Waals surface area contributed by atoms with Gasteiger partial charge in [-0.15, -0.1) is 0 Å². The van der Waals surface area contributed by atoms with E-state index in [0.29, 0.717) is 25.3 Å². The number of amides is 1. The van der Waals surface area contributed by atoms with E-state index in [1.54, 1.807) is 12.1 Å². The number of hydrogen-bond acceptors (Lipinski definition) is 8. The van der Waals surface area contributed by atoms with Crippen molar-refractivity contribution in [2.45, 2.75) is 99.1 Å². The molecule has 0 fully saturated rings. The van der Waals surface area contributed by atoms with Gasteiger partial charge in [0.2, 0.25) is 0 Å². The summed E-state index contributed by atoms with van der Waals surface area (Å²) in [7, 11) is 0. The summed E-state index contributed by atoms with van der Waals surface area (Å²) >= 11 is 11.9. The maximum atomic E-state index is 11.4. The molecule has 0 aliphatic carbocycles. The lowest BCUT2D eigenvalue weighted by atomic mass is 9.89. The van der Waals surface area contributed by atoms with Gasteiger partial charge >= 0.3 is 0 Å². The molecule has 13 heteroatoms. The van der Waals surface area contributed by atoms with Gasteiger partial charge in [-0.3, -0.25) is 9.59 Å². The Kier molecular flexibility index (Phi) is 16.1. The van der Waals surface area contributed by atoms with Crippen molar-refractivity contribution in [2.75, 3.05) is 11.1 Å². The fraction of sp³-hybridized carbons (Fsp3) is 0.333. The average molecular weight is 863 g/mol. The third-order valence-electron chi connectivity index (χ3n) is 9.37. The van der Waals surface area contributed by atoms with Gasteiger partial charge in [0.15, 0.2) is 5.78 Å². The fourth-order valence-electron chi connectivity index (χ4n) is 5.57. The zero-order chi connectivity index (χ0) is 45.1. The Hall–Kier alpha value is -5.96. The molecule has 0 atom stereocenters. The molecule has 0 aliphatic heterocycles. The first-order chi connectivity index (χ1) is 28.5. The number of anilines is 3. The highest BCUT2D eigenvalue weighted by atomic mass is 35.5. The van der Waals surface area contributed by atoms with Crippen LogP contribution in [0.15, 0.2) is 103 Å². The van der Waals surface area contributed by atoms with Gasteiger partial charge in [-0.2, -0.15) is 15.5 Å². The fourth-order valence-corrected chi connectivity index (χ4v) is 5.82. The number of ketones is 1. The second-order valence-corrected chi connectivity index (χ2v) is 18.7. The lowest BCUT2D eigenvalue weighted by molar-refractivity contribution is -0.125. The number of nitrogen functional groups attached to an aromatic ring is 1.